The number of amides is 1. The molecule has 4 nitrogen and oxygen atoms in total. The fourth-order valence-electron chi connectivity index (χ4n) is 2.42. The van der Waals surface area contributed by atoms with Gasteiger partial charge in [0, 0.05) is 31.4 Å². The van der Waals surface area contributed by atoms with E-state index in [2.05, 4.69) is 22.3 Å². The fourth-order valence-corrected chi connectivity index (χ4v) is 2.42. The van der Waals surface area contributed by atoms with Gasteiger partial charge in [-0.05, 0) is 37.4 Å². The minimum absolute atomic E-state index is 0.239. The van der Waals surface area contributed by atoms with Crippen molar-refractivity contribution < 1.29 is 4.79 Å². The molecule has 0 saturated heterocycles. The zero-order valence-electron chi connectivity index (χ0n) is 9.70. The lowest BCUT2D eigenvalue weighted by Gasteiger charge is -2.21. The van der Waals surface area contributed by atoms with Gasteiger partial charge in [0.05, 0.1) is 0 Å². The molecular weight excluding hydrogens is 202 g/mol. The molecule has 0 bridgehead atoms. The molecule has 0 aliphatic heterocycles. The number of rotatable bonds is 4. The van der Waals surface area contributed by atoms with E-state index in [1.54, 1.807) is 0 Å². The molecule has 1 aliphatic rings. The lowest BCUT2D eigenvalue weighted by atomic mass is 9.91. The highest BCUT2D eigenvalue weighted by molar-refractivity contribution is 5.73. The molecule has 1 unspecified atom stereocenters. The topological polar surface area (TPSA) is 60.1 Å². The van der Waals surface area contributed by atoms with Crippen LogP contribution in [0.1, 0.15) is 36.4 Å². The maximum Gasteiger partial charge on any atom is 0.219 e. The van der Waals surface area contributed by atoms with Crippen molar-refractivity contribution >= 4 is 5.91 Å². The van der Waals surface area contributed by atoms with Gasteiger partial charge in [0.25, 0.3) is 0 Å². The van der Waals surface area contributed by atoms with E-state index in [1.807, 2.05) is 7.05 Å². The molecule has 1 aromatic heterocycles. The number of carbonyl (C=O) groups is 1. The Bertz CT molecular complexity index is 384. The number of primary amides is 1. The average molecular weight is 221 g/mol. The van der Waals surface area contributed by atoms with Crippen molar-refractivity contribution in [3.05, 3.63) is 23.5 Å². The lowest BCUT2D eigenvalue weighted by molar-refractivity contribution is -0.118. The Labute approximate surface area is 95.8 Å². The molecular formula is C12H19N3O. The third-order valence-electron chi connectivity index (χ3n) is 3.28. The summed E-state index contributed by atoms with van der Waals surface area (Å²) in [4.78, 5) is 10.7. The van der Waals surface area contributed by atoms with Gasteiger partial charge in [-0.3, -0.25) is 4.79 Å². The van der Waals surface area contributed by atoms with Crippen molar-refractivity contribution in [2.24, 2.45) is 5.73 Å². The second-order valence-electron chi connectivity index (χ2n) is 4.43. The van der Waals surface area contributed by atoms with Crippen LogP contribution in [0, 0.1) is 0 Å². The molecule has 4 heteroatoms. The van der Waals surface area contributed by atoms with Crippen LogP contribution in [0.3, 0.4) is 0 Å². The van der Waals surface area contributed by atoms with Crippen molar-refractivity contribution in [3.8, 4) is 0 Å². The molecule has 0 aromatic carbocycles. The van der Waals surface area contributed by atoms with Crippen LogP contribution in [0.25, 0.3) is 0 Å². The first-order valence-corrected chi connectivity index (χ1v) is 5.85. The first-order chi connectivity index (χ1) is 7.70. The molecule has 3 N–H and O–H groups in total. The monoisotopic (exact) mass is 221 g/mol. The molecule has 1 aliphatic carbocycles. The van der Waals surface area contributed by atoms with Gasteiger partial charge in [-0.1, -0.05) is 0 Å². The van der Waals surface area contributed by atoms with E-state index in [1.165, 1.54) is 24.0 Å². The van der Waals surface area contributed by atoms with Gasteiger partial charge < -0.3 is 15.6 Å². The Morgan fingerprint density at radius 2 is 2.44 bits per heavy atom. The highest BCUT2D eigenvalue weighted by Gasteiger charge is 2.20. The van der Waals surface area contributed by atoms with Gasteiger partial charge in [-0.2, -0.15) is 0 Å². The predicted octanol–water partition coefficient (Wildman–Crippen LogP) is 0.960. The zero-order valence-corrected chi connectivity index (χ0v) is 9.70. The largest absolute Gasteiger partial charge is 0.370 e. The Morgan fingerprint density at radius 3 is 3.12 bits per heavy atom. The standard InChI is InChI=1S/C12H19N3O/c1-14-11-4-2-3-9-7-15(8-10(9)11)6-5-12(13)16/h7-8,11,14H,2-6H2,1H3,(H2,13,16). The number of carbonyl (C=O) groups excluding carboxylic acids is 1. The van der Waals surface area contributed by atoms with E-state index in [4.69, 9.17) is 5.73 Å². The van der Waals surface area contributed by atoms with Gasteiger partial charge in [0.1, 0.15) is 0 Å². The summed E-state index contributed by atoms with van der Waals surface area (Å²) in [6.45, 7) is 0.693. The van der Waals surface area contributed by atoms with E-state index < -0.39 is 0 Å². The summed E-state index contributed by atoms with van der Waals surface area (Å²) in [6.07, 6.45) is 8.30. The van der Waals surface area contributed by atoms with Gasteiger partial charge in [-0.15, -0.1) is 0 Å². The van der Waals surface area contributed by atoms with Gasteiger partial charge in [-0.25, -0.2) is 0 Å². The number of hydrogen-bond donors (Lipinski definition) is 2. The number of aryl methyl sites for hydroxylation is 2. The van der Waals surface area contributed by atoms with Crippen molar-refractivity contribution in [2.75, 3.05) is 7.05 Å². The van der Waals surface area contributed by atoms with E-state index in [0.717, 1.165) is 6.42 Å². The van der Waals surface area contributed by atoms with Crippen LogP contribution >= 0.6 is 0 Å². The third-order valence-corrected chi connectivity index (χ3v) is 3.28. The Kier molecular flexibility index (Phi) is 3.29. The van der Waals surface area contributed by atoms with Gasteiger partial charge in [0.2, 0.25) is 5.91 Å². The third kappa shape index (κ3) is 2.27. The second-order valence-corrected chi connectivity index (χ2v) is 4.43. The molecule has 0 radical (unpaired) electrons. The van der Waals surface area contributed by atoms with Gasteiger partial charge in [0.15, 0.2) is 0 Å². The summed E-state index contributed by atoms with van der Waals surface area (Å²) in [6, 6.07) is 0.471. The minimum atomic E-state index is -0.239. The second kappa shape index (κ2) is 4.70. The number of aromatic nitrogens is 1. The summed E-state index contributed by atoms with van der Waals surface area (Å²) >= 11 is 0. The van der Waals surface area contributed by atoms with Crippen LogP contribution in [0.5, 0.6) is 0 Å². The molecule has 16 heavy (non-hydrogen) atoms. The van der Waals surface area contributed by atoms with Crippen LogP contribution in [-0.4, -0.2) is 17.5 Å². The molecule has 1 heterocycles. The SMILES string of the molecule is CNC1CCCc2cn(CCC(N)=O)cc21. The van der Waals surface area contributed by atoms with Crippen LogP contribution < -0.4 is 11.1 Å². The molecule has 1 aromatic rings. The zero-order chi connectivity index (χ0) is 11.5. The summed E-state index contributed by atoms with van der Waals surface area (Å²) < 4.78 is 2.09. The molecule has 2 rings (SSSR count). The van der Waals surface area contributed by atoms with Crippen molar-refractivity contribution in [2.45, 2.75) is 38.3 Å². The summed E-state index contributed by atoms with van der Waals surface area (Å²) in [5, 5.41) is 3.33. The normalized spacial score (nSPS) is 19.4. The first-order valence-electron chi connectivity index (χ1n) is 5.85. The molecule has 88 valence electrons. The van der Waals surface area contributed by atoms with E-state index in [9.17, 15) is 4.79 Å². The summed E-state index contributed by atoms with van der Waals surface area (Å²) in [5.41, 5.74) is 7.95. The molecule has 1 atom stereocenters. The highest BCUT2D eigenvalue weighted by Crippen LogP contribution is 2.30. The van der Waals surface area contributed by atoms with Crippen molar-refractivity contribution in [1.82, 2.24) is 9.88 Å². The van der Waals surface area contributed by atoms with E-state index in [0.29, 0.717) is 19.0 Å². The van der Waals surface area contributed by atoms with Crippen LogP contribution in [0.4, 0.5) is 0 Å². The number of nitrogens with zero attached hydrogens (tertiary/aromatic N) is 1. The average Bonchev–Trinajstić information content (AvgIpc) is 2.68. The maximum absolute atomic E-state index is 10.7. The molecule has 1 amide bonds. The van der Waals surface area contributed by atoms with Crippen LogP contribution in [0.15, 0.2) is 12.4 Å². The summed E-state index contributed by atoms with van der Waals surface area (Å²) in [5.74, 6) is -0.239. The maximum atomic E-state index is 10.7. The number of nitrogens with two attached hydrogens (primary N) is 1. The first kappa shape index (κ1) is 11.2. The summed E-state index contributed by atoms with van der Waals surface area (Å²) in [7, 11) is 2.00. The predicted molar refractivity (Wildman–Crippen MR) is 63.0 cm³/mol. The Morgan fingerprint density at radius 1 is 1.62 bits per heavy atom. The minimum Gasteiger partial charge on any atom is -0.370 e. The number of nitrogens with one attached hydrogen (secondary N) is 1. The van der Waals surface area contributed by atoms with Gasteiger partial charge >= 0.3 is 0 Å². The van der Waals surface area contributed by atoms with Crippen LogP contribution in [-0.2, 0) is 17.8 Å². The Hall–Kier alpha value is -1.29. The lowest BCUT2D eigenvalue weighted by Crippen LogP contribution is -2.20. The molecule has 0 fully saturated rings. The van der Waals surface area contributed by atoms with Crippen molar-refractivity contribution in [1.29, 1.82) is 0 Å². The van der Waals surface area contributed by atoms with E-state index in [-0.39, 0.29) is 5.91 Å². The Balaban J connectivity index is 2.12. The van der Waals surface area contributed by atoms with Crippen molar-refractivity contribution in [3.63, 3.8) is 0 Å². The highest BCUT2D eigenvalue weighted by atomic mass is 16.1. The smallest absolute Gasteiger partial charge is 0.219 e. The molecule has 0 spiro atoms. The van der Waals surface area contributed by atoms with E-state index >= 15 is 0 Å². The molecule has 0 saturated carbocycles. The quantitative estimate of drug-likeness (QED) is 0.795. The number of hydrogen-bond acceptors (Lipinski definition) is 2. The van der Waals surface area contributed by atoms with Crippen LogP contribution in [0.2, 0.25) is 0 Å². The fraction of sp³-hybridized carbons (Fsp3) is 0.583. The number of fused-ring (bicyclic) bond motifs is 1.